The van der Waals surface area contributed by atoms with Gasteiger partial charge in [0.1, 0.15) is 0 Å². The predicted molar refractivity (Wildman–Crippen MR) is 135 cm³/mol. The van der Waals surface area contributed by atoms with Gasteiger partial charge < -0.3 is 10.6 Å². The van der Waals surface area contributed by atoms with E-state index in [1.54, 1.807) is 42.5 Å². The molecule has 0 saturated heterocycles. The minimum Gasteiger partial charge on any atom is -0.325 e. The Bertz CT molecular complexity index is 1320. The summed E-state index contributed by atoms with van der Waals surface area (Å²) in [4.78, 5) is 29.4. The molecule has 9 heteroatoms. The lowest BCUT2D eigenvalue weighted by Gasteiger charge is -2.08. The summed E-state index contributed by atoms with van der Waals surface area (Å²) in [5.41, 5.74) is 3.40. The summed E-state index contributed by atoms with van der Waals surface area (Å²) in [7, 11) is 0. The van der Waals surface area contributed by atoms with Crippen LogP contribution in [0.4, 0.5) is 11.4 Å². The molecule has 4 rings (SSSR count). The second kappa shape index (κ2) is 9.92. The monoisotopic (exact) mass is 501 g/mol. The highest BCUT2D eigenvalue weighted by Gasteiger charge is 2.13. The van der Waals surface area contributed by atoms with Crippen LogP contribution >= 0.6 is 46.3 Å². The Morgan fingerprint density at radius 3 is 2.59 bits per heavy atom. The number of hydrogen-bond donors (Lipinski definition) is 2. The molecule has 0 aliphatic rings. The highest BCUT2D eigenvalue weighted by atomic mass is 35.5. The van der Waals surface area contributed by atoms with E-state index < -0.39 is 0 Å². The van der Waals surface area contributed by atoms with E-state index in [2.05, 4.69) is 15.6 Å². The Morgan fingerprint density at radius 2 is 1.78 bits per heavy atom. The normalized spacial score (nSPS) is 10.8. The van der Waals surface area contributed by atoms with Crippen molar-refractivity contribution in [1.29, 1.82) is 0 Å². The molecule has 0 unspecified atom stereocenters. The Balaban J connectivity index is 1.40. The highest BCUT2D eigenvalue weighted by molar-refractivity contribution is 8.01. The van der Waals surface area contributed by atoms with Gasteiger partial charge in [0, 0.05) is 16.4 Å². The Morgan fingerprint density at radius 1 is 1.00 bits per heavy atom. The fourth-order valence-corrected chi connectivity index (χ4v) is 5.25. The fourth-order valence-electron chi connectivity index (χ4n) is 2.94. The van der Waals surface area contributed by atoms with Crippen LogP contribution in [0.15, 0.2) is 65.0 Å². The van der Waals surface area contributed by atoms with Crippen molar-refractivity contribution >= 4 is 79.7 Å². The number of rotatable bonds is 6. The number of carbonyl (C=O) groups excluding carboxylic acids is 2. The van der Waals surface area contributed by atoms with Crippen molar-refractivity contribution in [1.82, 2.24) is 4.98 Å². The van der Waals surface area contributed by atoms with Crippen LogP contribution in [0.2, 0.25) is 10.0 Å². The van der Waals surface area contributed by atoms with E-state index in [4.69, 9.17) is 23.2 Å². The number of nitrogens with one attached hydrogen (secondary N) is 2. The Hall–Kier alpha value is -2.58. The quantitative estimate of drug-likeness (QED) is 0.282. The molecule has 0 aliphatic heterocycles. The van der Waals surface area contributed by atoms with Gasteiger partial charge in [-0.15, -0.1) is 11.3 Å². The van der Waals surface area contributed by atoms with E-state index in [1.165, 1.54) is 23.1 Å². The van der Waals surface area contributed by atoms with Gasteiger partial charge in [-0.25, -0.2) is 4.98 Å². The SMILES string of the molecule is Cc1c(Cl)cccc1NC(=O)CSc1nc2ccc(NC(=O)c3ccccc3Cl)cc2s1. The molecular weight excluding hydrogens is 485 g/mol. The van der Waals surface area contributed by atoms with Crippen molar-refractivity contribution in [2.75, 3.05) is 16.4 Å². The molecule has 1 aromatic heterocycles. The number of thiazole rings is 1. The van der Waals surface area contributed by atoms with Gasteiger partial charge in [-0.1, -0.05) is 53.2 Å². The molecule has 0 atom stereocenters. The fraction of sp³-hybridized carbons (Fsp3) is 0.0870. The lowest BCUT2D eigenvalue weighted by molar-refractivity contribution is -0.113. The number of hydrogen-bond acceptors (Lipinski definition) is 5. The number of halogens is 2. The van der Waals surface area contributed by atoms with Crippen LogP contribution in [0.5, 0.6) is 0 Å². The van der Waals surface area contributed by atoms with Crippen molar-refractivity contribution in [2.24, 2.45) is 0 Å². The van der Waals surface area contributed by atoms with E-state index in [0.717, 1.165) is 20.1 Å². The highest BCUT2D eigenvalue weighted by Crippen LogP contribution is 2.32. The standard InChI is InChI=1S/C23H17Cl2N3O2S2/c1-13-16(24)7-4-8-18(13)27-21(29)12-31-23-28-19-10-9-14(11-20(19)32-23)26-22(30)15-5-2-3-6-17(15)25/h2-11H,12H2,1H3,(H,26,30)(H,27,29). The summed E-state index contributed by atoms with van der Waals surface area (Å²) >= 11 is 15.0. The van der Waals surface area contributed by atoms with Crippen molar-refractivity contribution in [3.8, 4) is 0 Å². The number of anilines is 2. The molecule has 0 fully saturated rings. The first-order valence-electron chi connectivity index (χ1n) is 9.55. The molecule has 0 aliphatic carbocycles. The largest absolute Gasteiger partial charge is 0.325 e. The van der Waals surface area contributed by atoms with E-state index >= 15 is 0 Å². The summed E-state index contributed by atoms with van der Waals surface area (Å²) < 4.78 is 1.68. The molecule has 3 aromatic carbocycles. The molecule has 0 spiro atoms. The van der Waals surface area contributed by atoms with Crippen LogP contribution in [0.25, 0.3) is 10.2 Å². The number of thioether (sulfide) groups is 1. The van der Waals surface area contributed by atoms with Crippen molar-refractivity contribution < 1.29 is 9.59 Å². The lowest BCUT2D eigenvalue weighted by Crippen LogP contribution is -2.14. The van der Waals surface area contributed by atoms with Crippen molar-refractivity contribution in [3.05, 3.63) is 81.8 Å². The summed E-state index contributed by atoms with van der Waals surface area (Å²) in [6.45, 7) is 1.86. The van der Waals surface area contributed by atoms with Crippen LogP contribution in [0, 0.1) is 6.92 Å². The average molecular weight is 502 g/mol. The van der Waals surface area contributed by atoms with Gasteiger partial charge in [0.25, 0.3) is 5.91 Å². The van der Waals surface area contributed by atoms with Gasteiger partial charge >= 0.3 is 0 Å². The van der Waals surface area contributed by atoms with Crippen LogP contribution < -0.4 is 10.6 Å². The molecule has 32 heavy (non-hydrogen) atoms. The van der Waals surface area contributed by atoms with Gasteiger partial charge in [0.15, 0.2) is 4.34 Å². The molecule has 4 aromatic rings. The van der Waals surface area contributed by atoms with Gasteiger partial charge in [-0.05, 0) is 55.0 Å². The summed E-state index contributed by atoms with van der Waals surface area (Å²) in [6, 6.07) is 17.8. The first-order valence-corrected chi connectivity index (χ1v) is 12.1. The molecule has 2 N–H and O–H groups in total. The molecule has 162 valence electrons. The van der Waals surface area contributed by atoms with Crippen molar-refractivity contribution in [3.63, 3.8) is 0 Å². The summed E-state index contributed by atoms with van der Waals surface area (Å²) in [5.74, 6) is -0.184. The second-order valence-electron chi connectivity index (χ2n) is 6.85. The third-order valence-electron chi connectivity index (χ3n) is 4.61. The van der Waals surface area contributed by atoms with E-state index in [-0.39, 0.29) is 17.6 Å². The minimum atomic E-state index is -0.276. The van der Waals surface area contributed by atoms with Crippen LogP contribution in [-0.2, 0) is 4.79 Å². The topological polar surface area (TPSA) is 71.1 Å². The smallest absolute Gasteiger partial charge is 0.257 e. The number of benzene rings is 3. The van der Waals surface area contributed by atoms with Gasteiger partial charge in [0.2, 0.25) is 5.91 Å². The molecule has 0 bridgehead atoms. The van der Waals surface area contributed by atoms with Crippen molar-refractivity contribution in [2.45, 2.75) is 11.3 Å². The first-order chi connectivity index (χ1) is 15.4. The van der Waals surface area contributed by atoms with E-state index in [9.17, 15) is 9.59 Å². The van der Waals surface area contributed by atoms with Gasteiger partial charge in [0.05, 0.1) is 26.6 Å². The van der Waals surface area contributed by atoms with Gasteiger partial charge in [-0.2, -0.15) is 0 Å². The predicted octanol–water partition coefficient (Wildman–Crippen LogP) is 6.89. The molecule has 0 saturated carbocycles. The Kier molecular flexibility index (Phi) is 7.01. The molecule has 1 heterocycles. The third-order valence-corrected chi connectivity index (χ3v) is 7.51. The summed E-state index contributed by atoms with van der Waals surface area (Å²) in [6.07, 6.45) is 0. The minimum absolute atomic E-state index is 0.132. The third kappa shape index (κ3) is 5.24. The zero-order valence-corrected chi connectivity index (χ0v) is 20.0. The number of amides is 2. The van der Waals surface area contributed by atoms with Crippen LogP contribution in [0.3, 0.4) is 0 Å². The maximum absolute atomic E-state index is 12.5. The van der Waals surface area contributed by atoms with Crippen LogP contribution in [0.1, 0.15) is 15.9 Å². The Labute approximate surface area is 203 Å². The molecule has 5 nitrogen and oxygen atoms in total. The van der Waals surface area contributed by atoms with E-state index in [0.29, 0.717) is 27.0 Å². The number of aromatic nitrogens is 1. The lowest BCUT2D eigenvalue weighted by atomic mass is 10.2. The number of fused-ring (bicyclic) bond motifs is 1. The number of carbonyl (C=O) groups is 2. The first kappa shape index (κ1) is 22.6. The molecule has 0 radical (unpaired) electrons. The maximum Gasteiger partial charge on any atom is 0.257 e. The zero-order chi connectivity index (χ0) is 22.7. The van der Waals surface area contributed by atoms with E-state index in [1.807, 2.05) is 25.1 Å². The van der Waals surface area contributed by atoms with Crippen LogP contribution in [-0.4, -0.2) is 22.6 Å². The maximum atomic E-state index is 12.5. The van der Waals surface area contributed by atoms with Gasteiger partial charge in [-0.3, -0.25) is 9.59 Å². The average Bonchev–Trinajstić information content (AvgIpc) is 3.18. The molecular formula is C23H17Cl2N3O2S2. The number of nitrogens with zero attached hydrogens (tertiary/aromatic N) is 1. The molecule has 2 amide bonds. The second-order valence-corrected chi connectivity index (χ2v) is 9.91. The zero-order valence-electron chi connectivity index (χ0n) is 16.8. The summed E-state index contributed by atoms with van der Waals surface area (Å²) in [5, 5.41) is 6.75.